The summed E-state index contributed by atoms with van der Waals surface area (Å²) in [5.74, 6) is -9.09. The summed E-state index contributed by atoms with van der Waals surface area (Å²) in [5.41, 5.74) is 26.6. The van der Waals surface area contributed by atoms with Crippen LogP contribution < -0.4 is 65.9 Å². The molecule has 17 N–H and O–H groups in total. The predicted molar refractivity (Wildman–Crippen MR) is 215 cm³/mol. The standard InChI is InChI=1S/C33H52N14O11S2/c34-22(48)6-5-16-27(53)45-19(12-23(35)49)30(56)46-20(14-60-59-10-7-25(51)41-17-11-18(29(55)42-16)44-28(17)54)32(58)47-9-2-4-21(47)31(57)43-15(3-1-8-39-33(37)38)26(52)40-13-24(36)50/h15-21H,1-14H2,(H2,34,48)(H2,35,49)(H2,36,50)(H,40,52)(H,41,51)(H,42,55)(H,43,57)(H,44,54)(H,45,53)(H,46,56)(H4,37,38,39)/t15-,16-,17+,18+,19-,20-,21-/m0/s1. The topological polar surface area (TPSA) is 418 Å². The molecule has 3 rings (SSSR count). The maximum Gasteiger partial charge on any atom is 0.246 e. The fraction of sp³-hybridized carbons (Fsp3) is 0.636. The molecule has 3 aliphatic heterocycles. The van der Waals surface area contributed by atoms with Gasteiger partial charge in [-0.25, -0.2) is 0 Å². The Morgan fingerprint density at radius 3 is 2.13 bits per heavy atom. The minimum absolute atomic E-state index is 0.0345. The number of likely N-dealkylation sites (tertiary alicyclic amines) is 1. The molecule has 7 atom stereocenters. The van der Waals surface area contributed by atoms with Crippen molar-refractivity contribution < 1.29 is 52.7 Å². The van der Waals surface area contributed by atoms with Gasteiger partial charge >= 0.3 is 0 Å². The maximum atomic E-state index is 14.2. The second-order valence-corrected chi connectivity index (χ2v) is 16.6. The monoisotopic (exact) mass is 884 g/mol. The molecule has 60 heavy (non-hydrogen) atoms. The Morgan fingerprint density at radius 2 is 1.47 bits per heavy atom. The molecule has 0 saturated carbocycles. The number of fused-ring (bicyclic) bond motifs is 2. The van der Waals surface area contributed by atoms with Gasteiger partial charge in [0.25, 0.3) is 0 Å². The quantitative estimate of drug-likeness (QED) is 0.0315. The highest BCUT2D eigenvalue weighted by molar-refractivity contribution is 8.76. The van der Waals surface area contributed by atoms with Crippen molar-refractivity contribution in [2.24, 2.45) is 33.7 Å². The van der Waals surface area contributed by atoms with Crippen LogP contribution in [0, 0.1) is 0 Å². The summed E-state index contributed by atoms with van der Waals surface area (Å²) in [6, 6.07) is -9.16. The average Bonchev–Trinajstić information content (AvgIpc) is 3.81. The third kappa shape index (κ3) is 15.7. The van der Waals surface area contributed by atoms with E-state index in [2.05, 4.69) is 42.2 Å². The van der Waals surface area contributed by atoms with Gasteiger partial charge in [0.1, 0.15) is 42.3 Å². The summed E-state index contributed by atoms with van der Waals surface area (Å²) < 4.78 is 0. The van der Waals surface area contributed by atoms with Crippen LogP contribution in [0.3, 0.4) is 0 Å². The molecule has 0 spiro atoms. The number of nitrogens with zero attached hydrogens (tertiary/aromatic N) is 2. The number of nitrogens with two attached hydrogens (primary N) is 5. The Kier molecular flexibility index (Phi) is 19.1. The van der Waals surface area contributed by atoms with Crippen molar-refractivity contribution in [3.8, 4) is 0 Å². The highest BCUT2D eigenvalue weighted by Gasteiger charge is 2.41. The van der Waals surface area contributed by atoms with Crippen molar-refractivity contribution in [2.45, 2.75) is 100 Å². The smallest absolute Gasteiger partial charge is 0.246 e. The molecule has 3 heterocycles. The van der Waals surface area contributed by atoms with Gasteiger partial charge in [-0.3, -0.25) is 57.7 Å². The molecule has 0 radical (unpaired) electrons. The van der Waals surface area contributed by atoms with Crippen molar-refractivity contribution in [2.75, 3.05) is 31.1 Å². The third-order valence-corrected chi connectivity index (χ3v) is 11.7. The third-order valence-electron chi connectivity index (χ3n) is 9.31. The van der Waals surface area contributed by atoms with Crippen molar-refractivity contribution in [3.05, 3.63) is 0 Å². The number of guanidine groups is 1. The highest BCUT2D eigenvalue weighted by atomic mass is 33.1. The van der Waals surface area contributed by atoms with E-state index in [1.54, 1.807) is 0 Å². The largest absolute Gasteiger partial charge is 0.370 e. The van der Waals surface area contributed by atoms with Crippen molar-refractivity contribution in [1.29, 1.82) is 0 Å². The molecule has 2 bridgehead atoms. The summed E-state index contributed by atoms with van der Waals surface area (Å²) in [5, 5.41) is 17.2. The van der Waals surface area contributed by atoms with Crippen LogP contribution in [0.25, 0.3) is 0 Å². The molecule has 3 fully saturated rings. The predicted octanol–water partition coefficient (Wildman–Crippen LogP) is -7.13. The zero-order valence-electron chi connectivity index (χ0n) is 32.5. The van der Waals surface area contributed by atoms with Crippen LogP contribution in [0.5, 0.6) is 0 Å². The molecule has 0 aromatic heterocycles. The van der Waals surface area contributed by atoms with Gasteiger partial charge in [-0.1, -0.05) is 21.6 Å². The Hall–Kier alpha value is -5.86. The summed E-state index contributed by atoms with van der Waals surface area (Å²) in [6.45, 7) is -0.332. The first-order valence-corrected chi connectivity index (χ1v) is 21.4. The number of nitrogens with one attached hydrogen (secondary N) is 7. The van der Waals surface area contributed by atoms with Crippen LogP contribution in [0.4, 0.5) is 0 Å². The van der Waals surface area contributed by atoms with Crippen LogP contribution in [-0.2, 0) is 52.7 Å². The van der Waals surface area contributed by atoms with Crippen LogP contribution in [0.15, 0.2) is 4.99 Å². The number of carbonyl (C=O) groups is 11. The molecule has 332 valence electrons. The average molecular weight is 885 g/mol. The van der Waals surface area contributed by atoms with Gasteiger partial charge in [-0.05, 0) is 32.1 Å². The molecule has 3 saturated heterocycles. The molecular formula is C33H52N14O11S2. The summed E-state index contributed by atoms with van der Waals surface area (Å²) in [4.78, 5) is 147. The Morgan fingerprint density at radius 1 is 0.800 bits per heavy atom. The summed E-state index contributed by atoms with van der Waals surface area (Å²) in [6.07, 6.45) is -0.954. The van der Waals surface area contributed by atoms with E-state index in [0.717, 1.165) is 21.6 Å². The van der Waals surface area contributed by atoms with E-state index in [0.29, 0.717) is 6.42 Å². The Bertz CT molecular complexity index is 1710. The summed E-state index contributed by atoms with van der Waals surface area (Å²) >= 11 is 0. The lowest BCUT2D eigenvalue weighted by atomic mass is 10.1. The Labute approximate surface area is 351 Å². The number of hydrogen-bond donors (Lipinski definition) is 12. The second kappa shape index (κ2) is 23.7. The fourth-order valence-electron chi connectivity index (χ4n) is 6.35. The van der Waals surface area contributed by atoms with Crippen molar-refractivity contribution >= 4 is 92.5 Å². The van der Waals surface area contributed by atoms with Gasteiger partial charge in [-0.15, -0.1) is 0 Å². The lowest BCUT2D eigenvalue weighted by Crippen LogP contribution is -2.60. The SMILES string of the molecule is NC(=O)CC[C@@H]1NC(=O)[C@H]2C[C@@H](NC(=O)CCSSC[C@@H](C(=O)N3CCC[C@H]3C(=O)N[C@@H](CCCN=C(N)N)C(=O)NCC(N)=O)NC(=O)[C@H](CC(N)=O)NC1=O)C(=O)N2. The van der Waals surface area contributed by atoms with E-state index in [-0.39, 0.29) is 69.1 Å². The van der Waals surface area contributed by atoms with Gasteiger partial charge in [0.15, 0.2) is 5.96 Å². The molecule has 25 nitrogen and oxygen atoms in total. The first-order valence-electron chi connectivity index (χ1n) is 18.9. The maximum absolute atomic E-state index is 14.2. The molecule has 0 aromatic carbocycles. The minimum atomic E-state index is -1.70. The number of primary amides is 3. The summed E-state index contributed by atoms with van der Waals surface area (Å²) in [7, 11) is 2.23. The first-order chi connectivity index (χ1) is 28.4. The number of carbonyl (C=O) groups excluding carboxylic acids is 11. The number of hydrogen-bond acceptors (Lipinski definition) is 14. The van der Waals surface area contributed by atoms with E-state index in [1.807, 2.05) is 0 Å². The van der Waals surface area contributed by atoms with E-state index in [9.17, 15) is 52.7 Å². The number of amides is 11. The van der Waals surface area contributed by atoms with Gasteiger partial charge in [0, 0.05) is 43.9 Å². The van der Waals surface area contributed by atoms with Gasteiger partial charge in [0.05, 0.1) is 13.0 Å². The number of aliphatic imine (C=N–C) groups is 1. The molecule has 0 aliphatic carbocycles. The highest BCUT2D eigenvalue weighted by Crippen LogP contribution is 2.26. The van der Waals surface area contributed by atoms with E-state index < -0.39 is 127 Å². The second-order valence-electron chi connectivity index (χ2n) is 14.0. The van der Waals surface area contributed by atoms with Gasteiger partial charge in [-0.2, -0.15) is 0 Å². The lowest BCUT2D eigenvalue weighted by Gasteiger charge is -2.30. The molecule has 27 heteroatoms. The van der Waals surface area contributed by atoms with E-state index >= 15 is 0 Å². The van der Waals surface area contributed by atoms with E-state index in [4.69, 9.17) is 28.7 Å². The van der Waals surface area contributed by atoms with Crippen LogP contribution >= 0.6 is 21.6 Å². The number of rotatable bonds is 15. The molecule has 11 amide bonds. The molecular weight excluding hydrogens is 833 g/mol. The van der Waals surface area contributed by atoms with E-state index in [1.165, 1.54) is 4.90 Å². The molecule has 0 aromatic rings. The van der Waals surface area contributed by atoms with Gasteiger partial charge < -0.3 is 70.8 Å². The van der Waals surface area contributed by atoms with Crippen molar-refractivity contribution in [1.82, 2.24) is 42.1 Å². The normalized spacial score (nSPS) is 24.7. The molecule has 0 unspecified atom stereocenters. The lowest BCUT2D eigenvalue weighted by molar-refractivity contribution is -0.142. The van der Waals surface area contributed by atoms with Crippen LogP contribution in [0.1, 0.15) is 57.8 Å². The minimum Gasteiger partial charge on any atom is -0.370 e. The van der Waals surface area contributed by atoms with Crippen LogP contribution in [-0.4, -0.2) is 149 Å². The molecule has 3 aliphatic rings. The van der Waals surface area contributed by atoms with Crippen molar-refractivity contribution in [3.63, 3.8) is 0 Å². The first kappa shape index (κ1) is 48.5. The fourth-order valence-corrected chi connectivity index (χ4v) is 8.49. The van der Waals surface area contributed by atoms with Gasteiger partial charge in [0.2, 0.25) is 65.0 Å². The zero-order chi connectivity index (χ0) is 44.5. The zero-order valence-corrected chi connectivity index (χ0v) is 34.2. The Balaban J connectivity index is 1.89. The van der Waals surface area contributed by atoms with Crippen LogP contribution in [0.2, 0.25) is 0 Å².